The fourth-order valence-electron chi connectivity index (χ4n) is 6.37. The third-order valence-electron chi connectivity index (χ3n) is 8.87. The van der Waals surface area contributed by atoms with Gasteiger partial charge >= 0.3 is 0 Å². The summed E-state index contributed by atoms with van der Waals surface area (Å²) < 4.78 is 30.0. The van der Waals surface area contributed by atoms with Gasteiger partial charge in [-0.1, -0.05) is 0 Å². The summed E-state index contributed by atoms with van der Waals surface area (Å²) in [5, 5.41) is 16.6. The molecule has 0 bridgehead atoms. The van der Waals surface area contributed by atoms with E-state index in [4.69, 9.17) is 4.98 Å². The summed E-state index contributed by atoms with van der Waals surface area (Å²) in [7, 11) is 2.09. The Balaban J connectivity index is 1.18. The lowest BCUT2D eigenvalue weighted by atomic mass is 9.85. The topological polar surface area (TPSA) is 111 Å². The minimum absolute atomic E-state index is 0.00758. The maximum Gasteiger partial charge on any atom is 0.225 e. The monoisotopic (exact) mass is 568 g/mol. The van der Waals surface area contributed by atoms with Crippen molar-refractivity contribution in [2.75, 3.05) is 43.9 Å². The molecule has 1 aromatic carbocycles. The van der Waals surface area contributed by atoms with E-state index in [1.54, 1.807) is 6.20 Å². The zero-order valence-electron chi connectivity index (χ0n) is 23.4. The van der Waals surface area contributed by atoms with Gasteiger partial charge in [0, 0.05) is 50.2 Å². The van der Waals surface area contributed by atoms with Crippen LogP contribution >= 0.6 is 0 Å². The Hall–Kier alpha value is -3.38. The van der Waals surface area contributed by atoms with Gasteiger partial charge in [0.25, 0.3) is 0 Å². The third kappa shape index (κ3) is 6.13. The molecule has 0 radical (unpaired) electrons. The lowest BCUT2D eigenvalue weighted by molar-refractivity contribution is -0.138. The lowest BCUT2D eigenvalue weighted by Crippen LogP contribution is -2.49. The highest BCUT2D eigenvalue weighted by atomic mass is 19.1. The van der Waals surface area contributed by atoms with Crippen molar-refractivity contribution in [3.63, 3.8) is 0 Å². The maximum atomic E-state index is 14.5. The maximum absolute atomic E-state index is 14.5. The van der Waals surface area contributed by atoms with Gasteiger partial charge in [0.1, 0.15) is 17.2 Å². The molecule has 2 aromatic heterocycles. The van der Waals surface area contributed by atoms with Crippen LogP contribution in [-0.2, 0) is 4.79 Å². The molecule has 12 heteroatoms. The molecule has 3 aromatic rings. The molecule has 3 aliphatic rings. The number of halogens is 2. The van der Waals surface area contributed by atoms with Crippen LogP contribution < -0.4 is 10.6 Å². The van der Waals surface area contributed by atoms with Crippen molar-refractivity contribution in [2.24, 2.45) is 5.92 Å². The molecule has 10 nitrogen and oxygen atoms in total. The van der Waals surface area contributed by atoms with Crippen molar-refractivity contribution < 1.29 is 18.7 Å². The molecular formula is C29H38F2N8O2. The van der Waals surface area contributed by atoms with Crippen LogP contribution in [0.4, 0.5) is 26.4 Å². The standard InChI is InChI=1S/C29H38F2N8O2/c1-37-12-14-38(15-13-37)27(41)18-2-5-20(6-3-18)33-28-32-17-25-26(36-28)39(21-7-9-22(40)10-8-21)29(35-25)34-24-11-4-19(30)16-23(24)31/h4,11,16-18,20-22,40H,2-3,5-10,12-15H2,1H3,(H,34,35)(H,32,33,36)/t18-,20-,21-,22+. The van der Waals surface area contributed by atoms with Gasteiger partial charge < -0.3 is 25.5 Å². The van der Waals surface area contributed by atoms with E-state index >= 15 is 0 Å². The summed E-state index contributed by atoms with van der Waals surface area (Å²) in [6.07, 6.45) is 7.49. The predicted molar refractivity (Wildman–Crippen MR) is 152 cm³/mol. The molecule has 41 heavy (non-hydrogen) atoms. The number of aliphatic hydroxyl groups excluding tert-OH is 1. The van der Waals surface area contributed by atoms with Crippen molar-refractivity contribution in [1.82, 2.24) is 29.3 Å². The van der Waals surface area contributed by atoms with E-state index in [2.05, 4.69) is 32.5 Å². The number of fused-ring (bicyclic) bond motifs is 1. The Morgan fingerprint density at radius 2 is 1.71 bits per heavy atom. The highest BCUT2D eigenvalue weighted by Gasteiger charge is 2.31. The average Bonchev–Trinajstić information content (AvgIpc) is 3.32. The van der Waals surface area contributed by atoms with E-state index in [0.29, 0.717) is 35.9 Å². The molecular weight excluding hydrogens is 530 g/mol. The summed E-state index contributed by atoms with van der Waals surface area (Å²) in [6, 6.07) is 3.55. The van der Waals surface area contributed by atoms with Gasteiger partial charge in [-0.2, -0.15) is 4.98 Å². The Morgan fingerprint density at radius 1 is 0.976 bits per heavy atom. The number of piperazine rings is 1. The van der Waals surface area contributed by atoms with Gasteiger partial charge in [-0.3, -0.25) is 9.36 Å². The van der Waals surface area contributed by atoms with Crippen LogP contribution in [0.3, 0.4) is 0 Å². The molecule has 1 aliphatic heterocycles. The fraction of sp³-hybridized carbons (Fsp3) is 0.586. The minimum Gasteiger partial charge on any atom is -0.393 e. The first-order chi connectivity index (χ1) is 19.8. The van der Waals surface area contributed by atoms with Gasteiger partial charge in [0.15, 0.2) is 5.65 Å². The Bertz CT molecular complexity index is 1380. The summed E-state index contributed by atoms with van der Waals surface area (Å²) in [4.78, 5) is 31.3. The number of benzene rings is 1. The molecule has 0 unspecified atom stereocenters. The van der Waals surface area contributed by atoms with Crippen molar-refractivity contribution in [3.8, 4) is 0 Å². The molecule has 1 saturated heterocycles. The summed E-state index contributed by atoms with van der Waals surface area (Å²) >= 11 is 0. The van der Waals surface area contributed by atoms with Crippen LogP contribution in [0.5, 0.6) is 0 Å². The van der Waals surface area contributed by atoms with Crippen molar-refractivity contribution in [3.05, 3.63) is 36.0 Å². The fourth-order valence-corrected chi connectivity index (χ4v) is 6.37. The van der Waals surface area contributed by atoms with Crippen LogP contribution in [-0.4, -0.2) is 85.7 Å². The van der Waals surface area contributed by atoms with Crippen LogP contribution in [0.15, 0.2) is 24.4 Å². The number of carbonyl (C=O) groups is 1. The summed E-state index contributed by atoms with van der Waals surface area (Å²) in [5.41, 5.74) is 1.30. The van der Waals surface area contributed by atoms with Gasteiger partial charge in [-0.15, -0.1) is 0 Å². The highest BCUT2D eigenvalue weighted by Crippen LogP contribution is 2.36. The number of aliphatic hydroxyl groups is 1. The number of anilines is 3. The third-order valence-corrected chi connectivity index (χ3v) is 8.87. The molecule has 3 N–H and O–H groups in total. The Kier molecular flexibility index (Phi) is 8.03. The second-order valence-electron chi connectivity index (χ2n) is 11.7. The molecule has 6 rings (SSSR count). The van der Waals surface area contributed by atoms with Crippen LogP contribution in [0.2, 0.25) is 0 Å². The number of nitrogens with one attached hydrogen (secondary N) is 2. The second-order valence-corrected chi connectivity index (χ2v) is 11.7. The van der Waals surface area contributed by atoms with Crippen molar-refractivity contribution in [2.45, 2.75) is 69.6 Å². The number of carbonyl (C=O) groups excluding carboxylic acids is 1. The number of hydrogen-bond acceptors (Lipinski definition) is 8. The number of hydrogen-bond donors (Lipinski definition) is 3. The molecule has 0 atom stereocenters. The molecule has 1 amide bonds. The smallest absolute Gasteiger partial charge is 0.225 e. The molecule has 2 saturated carbocycles. The first kappa shape index (κ1) is 27.8. The van der Waals surface area contributed by atoms with Gasteiger partial charge in [0.05, 0.1) is 18.0 Å². The average molecular weight is 569 g/mol. The molecule has 3 heterocycles. The largest absolute Gasteiger partial charge is 0.393 e. The Morgan fingerprint density at radius 3 is 2.41 bits per heavy atom. The zero-order valence-corrected chi connectivity index (χ0v) is 23.4. The van der Waals surface area contributed by atoms with Crippen molar-refractivity contribution >= 4 is 34.7 Å². The number of imidazole rings is 1. The number of amides is 1. The zero-order chi connectivity index (χ0) is 28.5. The number of nitrogens with zero attached hydrogens (tertiary/aromatic N) is 6. The van der Waals surface area contributed by atoms with E-state index in [9.17, 15) is 18.7 Å². The SMILES string of the molecule is CN1CCN(C(=O)[C@H]2CC[C@H](Nc3ncc4nc(Nc5ccc(F)cc5F)n([C@H]5CC[C@@H](O)CC5)c4n3)CC2)CC1. The van der Waals surface area contributed by atoms with Crippen molar-refractivity contribution in [1.29, 1.82) is 0 Å². The van der Waals surface area contributed by atoms with E-state index in [1.807, 2.05) is 9.47 Å². The first-order valence-corrected chi connectivity index (χ1v) is 14.7. The predicted octanol–water partition coefficient (Wildman–Crippen LogP) is 4.07. The van der Waals surface area contributed by atoms with Crippen LogP contribution in [0.25, 0.3) is 11.2 Å². The van der Waals surface area contributed by atoms with Gasteiger partial charge in [0.2, 0.25) is 17.8 Å². The van der Waals surface area contributed by atoms with E-state index < -0.39 is 11.6 Å². The minimum atomic E-state index is -0.710. The molecule has 0 spiro atoms. The van der Waals surface area contributed by atoms with E-state index in [0.717, 1.165) is 70.8 Å². The molecule has 2 aliphatic carbocycles. The summed E-state index contributed by atoms with van der Waals surface area (Å²) in [5.74, 6) is -0.110. The second kappa shape index (κ2) is 11.8. The van der Waals surface area contributed by atoms with E-state index in [1.165, 1.54) is 12.1 Å². The molecule has 3 fully saturated rings. The number of likely N-dealkylation sites (N-methyl/N-ethyl adjacent to an activating group) is 1. The number of aromatic nitrogens is 4. The highest BCUT2D eigenvalue weighted by molar-refractivity contribution is 5.79. The first-order valence-electron chi connectivity index (χ1n) is 14.7. The van der Waals surface area contributed by atoms with Gasteiger partial charge in [-0.25, -0.2) is 18.7 Å². The number of rotatable bonds is 6. The molecule has 220 valence electrons. The van der Waals surface area contributed by atoms with Crippen LogP contribution in [0.1, 0.15) is 57.4 Å². The lowest BCUT2D eigenvalue weighted by Gasteiger charge is -2.36. The van der Waals surface area contributed by atoms with Gasteiger partial charge in [-0.05, 0) is 70.5 Å². The Labute approximate surface area is 238 Å². The normalized spacial score (nSPS) is 25.8. The van der Waals surface area contributed by atoms with E-state index in [-0.39, 0.29) is 35.7 Å². The van der Waals surface area contributed by atoms with Crippen LogP contribution in [0, 0.1) is 17.6 Å². The quantitative estimate of drug-likeness (QED) is 0.408. The summed E-state index contributed by atoms with van der Waals surface area (Å²) in [6.45, 7) is 3.46.